The third-order valence-electron chi connectivity index (χ3n) is 5.96. The van der Waals surface area contributed by atoms with E-state index in [0.29, 0.717) is 30.5 Å². The Hall–Kier alpha value is -2.99. The molecule has 0 aromatic heterocycles. The van der Waals surface area contributed by atoms with Crippen molar-refractivity contribution in [1.82, 2.24) is 10.6 Å². The fraction of sp³-hybridized carbons (Fsp3) is 0.269. The summed E-state index contributed by atoms with van der Waals surface area (Å²) in [6, 6.07) is 27.6. The molecule has 5 nitrogen and oxygen atoms in total. The first kappa shape index (κ1) is 21.2. The maximum atomic E-state index is 13.1. The number of carbonyl (C=O) groups excluding carboxylic acids is 1. The predicted octanol–water partition coefficient (Wildman–Crippen LogP) is 2.37. The summed E-state index contributed by atoms with van der Waals surface area (Å²) in [5.41, 5.74) is 0.992. The van der Waals surface area contributed by atoms with Gasteiger partial charge in [-0.3, -0.25) is 4.79 Å². The van der Waals surface area contributed by atoms with Gasteiger partial charge in [0, 0.05) is 6.54 Å². The van der Waals surface area contributed by atoms with Crippen LogP contribution in [-0.4, -0.2) is 40.9 Å². The Labute approximate surface area is 182 Å². The second-order valence-electron chi connectivity index (χ2n) is 8.10. The first-order valence-electron chi connectivity index (χ1n) is 10.7. The highest BCUT2D eigenvalue weighted by Crippen LogP contribution is 2.35. The van der Waals surface area contributed by atoms with Crippen LogP contribution in [0.1, 0.15) is 23.1 Å². The van der Waals surface area contributed by atoms with Crippen molar-refractivity contribution in [2.24, 2.45) is 0 Å². The fourth-order valence-corrected chi connectivity index (χ4v) is 4.30. The van der Waals surface area contributed by atoms with Crippen LogP contribution in [0.3, 0.4) is 0 Å². The first-order valence-corrected chi connectivity index (χ1v) is 10.7. The number of hydrogen-bond donors (Lipinski definition) is 4. The largest absolute Gasteiger partial charge is 0.392 e. The number of β-amino-alcohol motifs (C(OH)–C–C–N with tert-alkyl or cyclic N) is 1. The van der Waals surface area contributed by atoms with Gasteiger partial charge in [-0.05, 0) is 29.5 Å². The van der Waals surface area contributed by atoms with Crippen molar-refractivity contribution in [2.45, 2.75) is 36.6 Å². The smallest absolute Gasteiger partial charge is 0.237 e. The van der Waals surface area contributed by atoms with Crippen molar-refractivity contribution in [3.05, 3.63) is 108 Å². The number of aliphatic hydroxyl groups excluding tert-OH is 1. The van der Waals surface area contributed by atoms with Crippen molar-refractivity contribution in [3.63, 3.8) is 0 Å². The van der Waals surface area contributed by atoms with Gasteiger partial charge in [0.25, 0.3) is 0 Å². The lowest BCUT2D eigenvalue weighted by molar-refractivity contribution is -0.125. The van der Waals surface area contributed by atoms with E-state index >= 15 is 0 Å². The van der Waals surface area contributed by atoms with E-state index in [9.17, 15) is 15.0 Å². The Morgan fingerprint density at radius 1 is 0.935 bits per heavy atom. The molecule has 1 aliphatic rings. The minimum Gasteiger partial charge on any atom is -0.392 e. The molecule has 160 valence electrons. The van der Waals surface area contributed by atoms with Crippen LogP contribution in [0.25, 0.3) is 0 Å². The third kappa shape index (κ3) is 4.69. The average Bonchev–Trinajstić information content (AvgIpc) is 3.26. The van der Waals surface area contributed by atoms with Crippen molar-refractivity contribution in [1.29, 1.82) is 0 Å². The van der Waals surface area contributed by atoms with Gasteiger partial charge in [-0.15, -0.1) is 0 Å². The van der Waals surface area contributed by atoms with Crippen LogP contribution in [0.2, 0.25) is 0 Å². The number of carbonyl (C=O) groups is 1. The van der Waals surface area contributed by atoms with Crippen molar-refractivity contribution in [2.75, 3.05) is 6.54 Å². The Kier molecular flexibility index (Phi) is 6.47. The molecule has 3 aromatic rings. The van der Waals surface area contributed by atoms with Crippen LogP contribution in [-0.2, 0) is 16.8 Å². The van der Waals surface area contributed by atoms with Gasteiger partial charge in [-0.1, -0.05) is 91.0 Å². The maximum absolute atomic E-state index is 13.1. The molecule has 31 heavy (non-hydrogen) atoms. The zero-order valence-corrected chi connectivity index (χ0v) is 17.3. The van der Waals surface area contributed by atoms with Gasteiger partial charge in [0.05, 0.1) is 18.2 Å². The Morgan fingerprint density at radius 2 is 1.45 bits per heavy atom. The molecular formula is C26H28N2O3. The SMILES string of the molecule is O=C(N[C@H](Cc1ccccc1)C(O)(c1ccccc1)c1ccccc1)[C@H]1C[C@H](O)CN1. The van der Waals surface area contributed by atoms with Gasteiger partial charge >= 0.3 is 0 Å². The summed E-state index contributed by atoms with van der Waals surface area (Å²) in [4.78, 5) is 13.1. The highest BCUT2D eigenvalue weighted by atomic mass is 16.3. The molecule has 3 aromatic carbocycles. The molecule has 1 amide bonds. The van der Waals surface area contributed by atoms with Crippen LogP contribution in [0, 0.1) is 0 Å². The monoisotopic (exact) mass is 416 g/mol. The number of nitrogens with one attached hydrogen (secondary N) is 2. The van der Waals surface area contributed by atoms with E-state index in [1.807, 2.05) is 91.0 Å². The predicted molar refractivity (Wildman–Crippen MR) is 120 cm³/mol. The molecule has 0 aliphatic carbocycles. The molecule has 1 aliphatic heterocycles. The molecule has 1 fully saturated rings. The highest BCUT2D eigenvalue weighted by molar-refractivity contribution is 5.82. The second kappa shape index (κ2) is 9.43. The zero-order chi connectivity index (χ0) is 21.7. The molecule has 0 unspecified atom stereocenters. The quantitative estimate of drug-likeness (QED) is 0.477. The van der Waals surface area contributed by atoms with Crippen molar-refractivity contribution in [3.8, 4) is 0 Å². The van der Waals surface area contributed by atoms with E-state index in [4.69, 9.17) is 0 Å². The lowest BCUT2D eigenvalue weighted by Crippen LogP contribution is -2.55. The summed E-state index contributed by atoms with van der Waals surface area (Å²) in [7, 11) is 0. The van der Waals surface area contributed by atoms with Crippen molar-refractivity contribution < 1.29 is 15.0 Å². The molecule has 0 spiro atoms. The molecule has 0 bridgehead atoms. The van der Waals surface area contributed by atoms with Crippen LogP contribution >= 0.6 is 0 Å². The van der Waals surface area contributed by atoms with E-state index in [1.54, 1.807) is 0 Å². The average molecular weight is 417 g/mol. The molecule has 0 saturated carbocycles. The van der Waals surface area contributed by atoms with Gasteiger partial charge in [0.1, 0.15) is 5.60 Å². The number of rotatable bonds is 7. The minimum atomic E-state index is -1.44. The summed E-state index contributed by atoms with van der Waals surface area (Å²) < 4.78 is 0. The molecule has 0 radical (unpaired) electrons. The minimum absolute atomic E-state index is 0.220. The van der Waals surface area contributed by atoms with E-state index < -0.39 is 23.8 Å². The summed E-state index contributed by atoms with van der Waals surface area (Å²) >= 11 is 0. The Bertz CT molecular complexity index is 940. The van der Waals surface area contributed by atoms with E-state index in [2.05, 4.69) is 10.6 Å². The molecule has 4 N–H and O–H groups in total. The normalized spacial score (nSPS) is 19.7. The van der Waals surface area contributed by atoms with Gasteiger partial charge in [0.2, 0.25) is 5.91 Å². The van der Waals surface area contributed by atoms with Crippen LogP contribution < -0.4 is 10.6 Å². The van der Waals surface area contributed by atoms with Crippen LogP contribution in [0.5, 0.6) is 0 Å². The van der Waals surface area contributed by atoms with Gasteiger partial charge in [0.15, 0.2) is 0 Å². The number of hydrogen-bond acceptors (Lipinski definition) is 4. The number of benzene rings is 3. The number of aliphatic hydroxyl groups is 2. The standard InChI is InChI=1S/C26H28N2O3/c29-22-17-23(27-18-22)25(30)28-24(16-19-10-4-1-5-11-19)26(31,20-12-6-2-7-13-20)21-14-8-3-9-15-21/h1-15,22-24,27,29,31H,16-18H2,(H,28,30)/t22-,23+,24+/m0/s1. The molecule has 4 rings (SSSR count). The first-order chi connectivity index (χ1) is 15.1. The summed E-state index contributed by atoms with van der Waals surface area (Å²) in [6.45, 7) is 0.392. The lowest BCUT2D eigenvalue weighted by Gasteiger charge is -2.38. The molecule has 5 heteroatoms. The maximum Gasteiger partial charge on any atom is 0.237 e. The second-order valence-corrected chi connectivity index (χ2v) is 8.10. The topological polar surface area (TPSA) is 81.6 Å². The van der Waals surface area contributed by atoms with Gasteiger partial charge in [-0.25, -0.2) is 0 Å². The van der Waals surface area contributed by atoms with Gasteiger partial charge in [-0.2, -0.15) is 0 Å². The lowest BCUT2D eigenvalue weighted by atomic mass is 9.77. The molecule has 3 atom stereocenters. The number of amides is 1. The summed E-state index contributed by atoms with van der Waals surface area (Å²) in [5.74, 6) is -0.220. The van der Waals surface area contributed by atoms with E-state index in [1.165, 1.54) is 0 Å². The third-order valence-corrected chi connectivity index (χ3v) is 5.96. The molecule has 1 saturated heterocycles. The van der Waals surface area contributed by atoms with Crippen LogP contribution in [0.15, 0.2) is 91.0 Å². The fourth-order valence-electron chi connectivity index (χ4n) is 4.30. The summed E-state index contributed by atoms with van der Waals surface area (Å²) in [5, 5.41) is 28.2. The molecular weight excluding hydrogens is 388 g/mol. The van der Waals surface area contributed by atoms with Crippen molar-refractivity contribution >= 4 is 5.91 Å². The van der Waals surface area contributed by atoms with E-state index in [-0.39, 0.29) is 5.91 Å². The zero-order valence-electron chi connectivity index (χ0n) is 17.3. The Balaban J connectivity index is 1.75. The van der Waals surface area contributed by atoms with E-state index in [0.717, 1.165) is 5.56 Å². The molecule has 1 heterocycles. The van der Waals surface area contributed by atoms with Gasteiger partial charge < -0.3 is 20.8 Å². The van der Waals surface area contributed by atoms with Crippen LogP contribution in [0.4, 0.5) is 0 Å². The highest BCUT2D eigenvalue weighted by Gasteiger charge is 2.42. The summed E-state index contributed by atoms with van der Waals surface area (Å²) in [6.07, 6.45) is 0.270. The Morgan fingerprint density at radius 3 is 1.94 bits per heavy atom.